The van der Waals surface area contributed by atoms with Crippen molar-refractivity contribution in [3.05, 3.63) is 95.8 Å². The van der Waals surface area contributed by atoms with E-state index in [2.05, 4.69) is 10.3 Å². The molecule has 0 aliphatic heterocycles. The number of nitrogens with zero attached hydrogens (tertiary/aromatic N) is 2. The largest absolute Gasteiger partial charge is 0.329 e. The van der Waals surface area contributed by atoms with Gasteiger partial charge in [-0.1, -0.05) is 42.5 Å². The summed E-state index contributed by atoms with van der Waals surface area (Å²) in [4.78, 5) is 30.6. The monoisotopic (exact) mass is 359 g/mol. The molecule has 1 unspecified atom stereocenters. The lowest BCUT2D eigenvalue weighted by molar-refractivity contribution is -0.114. The van der Waals surface area contributed by atoms with Crippen molar-refractivity contribution in [3.8, 4) is 0 Å². The molecule has 0 bridgehead atoms. The van der Waals surface area contributed by atoms with Crippen LogP contribution in [0.4, 0.5) is 5.69 Å². The molecule has 0 spiro atoms. The number of aromatic nitrogens is 1. The number of pyridine rings is 1. The van der Waals surface area contributed by atoms with Crippen LogP contribution in [0.2, 0.25) is 0 Å². The second kappa shape index (κ2) is 8.27. The number of nitrogens with one attached hydrogen (secondary N) is 1. The van der Waals surface area contributed by atoms with Crippen LogP contribution < -0.4 is 5.32 Å². The van der Waals surface area contributed by atoms with Crippen molar-refractivity contribution in [2.45, 2.75) is 13.0 Å². The number of carbonyl (C=O) groups is 2. The Bertz CT molecular complexity index is 887. The minimum absolute atomic E-state index is 0.151. The zero-order valence-corrected chi connectivity index (χ0v) is 15.3. The average molecular weight is 359 g/mol. The highest BCUT2D eigenvalue weighted by atomic mass is 16.2. The standard InChI is InChI=1S/C22H21N3O2/c1-16(26)24-19-12-8-11-18(15-19)22(27)25(2)21(17-9-4-3-5-10-17)20-13-6-7-14-23-20/h3-15,21H,1-2H3,(H,24,26). The molecular weight excluding hydrogens is 338 g/mol. The van der Waals surface area contributed by atoms with Crippen LogP contribution in [-0.4, -0.2) is 28.7 Å². The molecule has 0 radical (unpaired) electrons. The fourth-order valence-corrected chi connectivity index (χ4v) is 3.02. The maximum absolute atomic E-state index is 13.2. The topological polar surface area (TPSA) is 62.3 Å². The van der Waals surface area contributed by atoms with Crippen molar-refractivity contribution < 1.29 is 9.59 Å². The van der Waals surface area contributed by atoms with Crippen LogP contribution in [0.3, 0.4) is 0 Å². The first kappa shape index (κ1) is 18.3. The van der Waals surface area contributed by atoms with Crippen LogP contribution in [0.5, 0.6) is 0 Å². The van der Waals surface area contributed by atoms with Gasteiger partial charge in [-0.15, -0.1) is 0 Å². The van der Waals surface area contributed by atoms with Crippen LogP contribution in [0.1, 0.15) is 34.6 Å². The van der Waals surface area contributed by atoms with Crippen LogP contribution in [0.15, 0.2) is 79.0 Å². The van der Waals surface area contributed by atoms with Gasteiger partial charge in [0.05, 0.1) is 11.7 Å². The Morgan fingerprint density at radius 2 is 1.70 bits per heavy atom. The van der Waals surface area contributed by atoms with E-state index < -0.39 is 0 Å². The van der Waals surface area contributed by atoms with E-state index in [0.717, 1.165) is 11.3 Å². The van der Waals surface area contributed by atoms with E-state index in [0.29, 0.717) is 11.3 Å². The second-order valence-electron chi connectivity index (χ2n) is 6.25. The van der Waals surface area contributed by atoms with Gasteiger partial charge < -0.3 is 10.2 Å². The fraction of sp³-hybridized carbons (Fsp3) is 0.136. The van der Waals surface area contributed by atoms with Gasteiger partial charge >= 0.3 is 0 Å². The predicted octanol–water partition coefficient (Wildman–Crippen LogP) is 3.90. The molecule has 2 amide bonds. The molecule has 5 nitrogen and oxygen atoms in total. The molecule has 0 fully saturated rings. The first-order chi connectivity index (χ1) is 13.1. The number of amides is 2. The second-order valence-corrected chi connectivity index (χ2v) is 6.25. The lowest BCUT2D eigenvalue weighted by atomic mass is 10.0. The Morgan fingerprint density at radius 1 is 0.963 bits per heavy atom. The first-order valence-electron chi connectivity index (χ1n) is 8.67. The molecule has 27 heavy (non-hydrogen) atoms. The van der Waals surface area contributed by atoms with E-state index in [9.17, 15) is 9.59 Å². The number of rotatable bonds is 5. The Kier molecular flexibility index (Phi) is 5.61. The third-order valence-corrected chi connectivity index (χ3v) is 4.22. The summed E-state index contributed by atoms with van der Waals surface area (Å²) in [5.41, 5.74) is 2.86. The summed E-state index contributed by atoms with van der Waals surface area (Å²) in [6, 6.07) is 22.1. The van der Waals surface area contributed by atoms with Crippen molar-refractivity contribution in [3.63, 3.8) is 0 Å². The zero-order valence-electron chi connectivity index (χ0n) is 15.3. The van der Waals surface area contributed by atoms with Crippen LogP contribution >= 0.6 is 0 Å². The molecule has 3 rings (SSSR count). The minimum atomic E-state index is -0.315. The highest BCUT2D eigenvalue weighted by Crippen LogP contribution is 2.27. The summed E-state index contributed by atoms with van der Waals surface area (Å²) in [5, 5.41) is 2.71. The van der Waals surface area contributed by atoms with Gasteiger partial charge in [0.2, 0.25) is 5.91 Å². The van der Waals surface area contributed by atoms with Gasteiger partial charge in [-0.05, 0) is 35.9 Å². The fourth-order valence-electron chi connectivity index (χ4n) is 3.02. The Labute approximate surface area is 158 Å². The van der Waals surface area contributed by atoms with Gasteiger partial charge in [0.1, 0.15) is 0 Å². The number of carbonyl (C=O) groups excluding carboxylic acids is 2. The molecule has 0 aliphatic rings. The molecule has 3 aromatic rings. The summed E-state index contributed by atoms with van der Waals surface area (Å²) in [6.45, 7) is 1.44. The first-order valence-corrected chi connectivity index (χ1v) is 8.67. The van der Waals surface area contributed by atoms with Crippen molar-refractivity contribution in [2.75, 3.05) is 12.4 Å². The molecule has 0 saturated carbocycles. The molecule has 0 aliphatic carbocycles. The van der Waals surface area contributed by atoms with Crippen molar-refractivity contribution in [2.24, 2.45) is 0 Å². The molecule has 1 aromatic heterocycles. The normalized spacial score (nSPS) is 11.5. The lowest BCUT2D eigenvalue weighted by Crippen LogP contribution is -2.32. The molecular formula is C22H21N3O2. The SMILES string of the molecule is CC(=O)Nc1cccc(C(=O)N(C)C(c2ccccc2)c2ccccn2)c1. The molecule has 1 atom stereocenters. The summed E-state index contributed by atoms with van der Waals surface area (Å²) >= 11 is 0. The van der Waals surface area contributed by atoms with Crippen LogP contribution in [-0.2, 0) is 4.79 Å². The van der Waals surface area contributed by atoms with E-state index in [1.165, 1.54) is 6.92 Å². The minimum Gasteiger partial charge on any atom is -0.329 e. The third kappa shape index (κ3) is 4.39. The van der Waals surface area contributed by atoms with Gasteiger partial charge in [0.15, 0.2) is 0 Å². The molecule has 1 heterocycles. The summed E-state index contributed by atoms with van der Waals surface area (Å²) in [6.07, 6.45) is 1.72. The summed E-state index contributed by atoms with van der Waals surface area (Å²) < 4.78 is 0. The van der Waals surface area contributed by atoms with Gasteiger partial charge in [-0.2, -0.15) is 0 Å². The highest BCUT2D eigenvalue weighted by molar-refractivity contribution is 5.97. The maximum atomic E-state index is 13.2. The number of benzene rings is 2. The van der Waals surface area contributed by atoms with Crippen LogP contribution in [0, 0.1) is 0 Å². The van der Waals surface area contributed by atoms with Gasteiger partial charge in [0, 0.05) is 31.4 Å². The molecule has 0 saturated heterocycles. The molecule has 2 aromatic carbocycles. The highest BCUT2D eigenvalue weighted by Gasteiger charge is 2.25. The van der Waals surface area contributed by atoms with E-state index in [4.69, 9.17) is 0 Å². The van der Waals surface area contributed by atoms with Gasteiger partial charge in [-0.3, -0.25) is 14.6 Å². The van der Waals surface area contributed by atoms with Crippen LogP contribution in [0.25, 0.3) is 0 Å². The Balaban J connectivity index is 1.96. The number of anilines is 1. The van der Waals surface area contributed by atoms with E-state index in [-0.39, 0.29) is 17.9 Å². The molecule has 136 valence electrons. The van der Waals surface area contributed by atoms with Crippen molar-refractivity contribution >= 4 is 17.5 Å². The predicted molar refractivity (Wildman–Crippen MR) is 105 cm³/mol. The smallest absolute Gasteiger partial charge is 0.254 e. The maximum Gasteiger partial charge on any atom is 0.254 e. The Morgan fingerprint density at radius 3 is 2.37 bits per heavy atom. The van der Waals surface area contributed by atoms with Gasteiger partial charge in [0.25, 0.3) is 5.91 Å². The lowest BCUT2D eigenvalue weighted by Gasteiger charge is -2.28. The zero-order chi connectivity index (χ0) is 19.2. The quantitative estimate of drug-likeness (QED) is 0.751. The van der Waals surface area contributed by atoms with E-state index in [1.807, 2.05) is 48.5 Å². The van der Waals surface area contributed by atoms with Gasteiger partial charge in [-0.25, -0.2) is 0 Å². The van der Waals surface area contributed by atoms with E-state index in [1.54, 1.807) is 42.4 Å². The molecule has 1 N–H and O–H groups in total. The number of hydrogen-bond donors (Lipinski definition) is 1. The van der Waals surface area contributed by atoms with E-state index >= 15 is 0 Å². The summed E-state index contributed by atoms with van der Waals surface area (Å²) in [7, 11) is 1.76. The van der Waals surface area contributed by atoms with Crippen molar-refractivity contribution in [1.82, 2.24) is 9.88 Å². The van der Waals surface area contributed by atoms with Crippen molar-refractivity contribution in [1.29, 1.82) is 0 Å². The number of hydrogen-bond acceptors (Lipinski definition) is 3. The average Bonchev–Trinajstić information content (AvgIpc) is 2.69. The Hall–Kier alpha value is -3.47. The summed E-state index contributed by atoms with van der Waals surface area (Å²) in [5.74, 6) is -0.328. The molecule has 5 heteroatoms. The third-order valence-electron chi connectivity index (χ3n) is 4.22.